The quantitative estimate of drug-likeness (QED) is 0.683. The molecule has 0 unspecified atom stereocenters. The molecule has 0 aliphatic rings. The molecule has 0 saturated carbocycles. The number of rotatable bonds is 2. The minimum absolute atomic E-state index is 0.441. The molecule has 84 valence electrons. The largest absolute Gasteiger partial charge is 0.384 e. The molecule has 3 heterocycles. The van der Waals surface area contributed by atoms with E-state index in [1.165, 1.54) is 18.1 Å². The van der Waals surface area contributed by atoms with Crippen molar-refractivity contribution in [2.45, 2.75) is 10.2 Å². The monoisotopic (exact) mass is 244 g/mol. The number of nitrogen functional groups attached to an aromatic ring is 1. The first-order valence-corrected chi connectivity index (χ1v) is 5.70. The van der Waals surface area contributed by atoms with Crippen LogP contribution in [-0.4, -0.2) is 24.6 Å². The lowest BCUT2D eigenvalue weighted by Gasteiger charge is -1.99. The van der Waals surface area contributed by atoms with E-state index in [0.29, 0.717) is 5.82 Å². The Morgan fingerprint density at radius 2 is 2.12 bits per heavy atom. The van der Waals surface area contributed by atoms with Crippen molar-refractivity contribution in [3.8, 4) is 0 Å². The van der Waals surface area contributed by atoms with Crippen molar-refractivity contribution >= 4 is 23.2 Å². The Hall–Kier alpha value is -2.15. The van der Waals surface area contributed by atoms with Gasteiger partial charge in [-0.05, 0) is 23.9 Å². The predicted octanol–water partition coefficient (Wildman–Crippen LogP) is 1.25. The van der Waals surface area contributed by atoms with Gasteiger partial charge in [0.15, 0.2) is 5.65 Å². The van der Waals surface area contributed by atoms with Crippen LogP contribution in [0.1, 0.15) is 0 Å². The Labute approximate surface area is 101 Å². The molecule has 7 heteroatoms. The Morgan fingerprint density at radius 1 is 1.18 bits per heavy atom. The van der Waals surface area contributed by atoms with Gasteiger partial charge in [0.05, 0.1) is 0 Å². The maximum Gasteiger partial charge on any atom is 0.201 e. The van der Waals surface area contributed by atoms with E-state index in [9.17, 15) is 0 Å². The fourth-order valence-corrected chi connectivity index (χ4v) is 2.19. The smallest absolute Gasteiger partial charge is 0.201 e. The van der Waals surface area contributed by atoms with E-state index < -0.39 is 0 Å². The summed E-state index contributed by atoms with van der Waals surface area (Å²) >= 11 is 1.40. The summed E-state index contributed by atoms with van der Waals surface area (Å²) < 4.78 is 1.89. The van der Waals surface area contributed by atoms with Gasteiger partial charge < -0.3 is 5.73 Å². The third-order valence-electron chi connectivity index (χ3n) is 2.14. The standard InChI is InChI=1S/C10H8N6S/c11-7-5-9(13-6-12-7)17-10-15-14-8-3-1-2-4-16(8)10/h1-6H,(H2,11,12,13). The van der Waals surface area contributed by atoms with Gasteiger partial charge in [0, 0.05) is 12.3 Å². The minimum atomic E-state index is 0.441. The number of aromatic nitrogens is 5. The van der Waals surface area contributed by atoms with Crippen molar-refractivity contribution in [3.63, 3.8) is 0 Å². The van der Waals surface area contributed by atoms with E-state index in [2.05, 4.69) is 20.2 Å². The van der Waals surface area contributed by atoms with Crippen molar-refractivity contribution in [3.05, 3.63) is 36.8 Å². The van der Waals surface area contributed by atoms with Crippen LogP contribution in [-0.2, 0) is 0 Å². The van der Waals surface area contributed by atoms with Crippen molar-refractivity contribution in [1.82, 2.24) is 24.6 Å². The lowest BCUT2D eigenvalue weighted by atomic mass is 10.5. The molecule has 0 fully saturated rings. The van der Waals surface area contributed by atoms with Gasteiger partial charge in [-0.2, -0.15) is 0 Å². The summed E-state index contributed by atoms with van der Waals surface area (Å²) in [5, 5.41) is 9.64. The average molecular weight is 244 g/mol. The van der Waals surface area contributed by atoms with E-state index >= 15 is 0 Å². The predicted molar refractivity (Wildman–Crippen MR) is 63.6 cm³/mol. The maximum atomic E-state index is 5.59. The molecule has 0 aliphatic carbocycles. The van der Waals surface area contributed by atoms with Crippen LogP contribution < -0.4 is 5.73 Å². The van der Waals surface area contributed by atoms with Crippen LogP contribution in [0.15, 0.2) is 47.0 Å². The topological polar surface area (TPSA) is 82.0 Å². The molecule has 3 rings (SSSR count). The molecule has 0 saturated heterocycles. The Kier molecular flexibility index (Phi) is 2.37. The Bertz CT molecular complexity index is 664. The summed E-state index contributed by atoms with van der Waals surface area (Å²) in [7, 11) is 0. The highest BCUT2D eigenvalue weighted by atomic mass is 32.2. The van der Waals surface area contributed by atoms with Crippen LogP contribution in [0.4, 0.5) is 5.82 Å². The molecule has 0 amide bonds. The third kappa shape index (κ3) is 1.92. The molecule has 3 aromatic heterocycles. The zero-order valence-corrected chi connectivity index (χ0v) is 9.50. The van der Waals surface area contributed by atoms with Crippen LogP contribution in [0.5, 0.6) is 0 Å². The normalized spacial score (nSPS) is 10.8. The number of nitrogens with two attached hydrogens (primary N) is 1. The molecule has 3 aromatic rings. The fraction of sp³-hybridized carbons (Fsp3) is 0. The van der Waals surface area contributed by atoms with Crippen molar-refractivity contribution < 1.29 is 0 Å². The van der Waals surface area contributed by atoms with Crippen molar-refractivity contribution in [2.75, 3.05) is 5.73 Å². The van der Waals surface area contributed by atoms with Crippen molar-refractivity contribution in [1.29, 1.82) is 0 Å². The van der Waals surface area contributed by atoms with Gasteiger partial charge in [0.25, 0.3) is 0 Å². The first-order chi connectivity index (χ1) is 8.33. The second-order valence-electron chi connectivity index (χ2n) is 3.29. The number of hydrogen-bond acceptors (Lipinski definition) is 6. The summed E-state index contributed by atoms with van der Waals surface area (Å²) in [5.74, 6) is 0.441. The molecule has 0 aliphatic heterocycles. The summed E-state index contributed by atoms with van der Waals surface area (Å²) in [6, 6.07) is 7.44. The van der Waals surface area contributed by atoms with Crippen LogP contribution in [0.25, 0.3) is 5.65 Å². The summed E-state index contributed by atoms with van der Waals surface area (Å²) in [6.45, 7) is 0. The van der Waals surface area contributed by atoms with Crippen molar-refractivity contribution in [2.24, 2.45) is 0 Å². The zero-order chi connectivity index (χ0) is 11.7. The molecule has 2 N–H and O–H groups in total. The van der Waals surface area contributed by atoms with Gasteiger partial charge in [-0.15, -0.1) is 10.2 Å². The molecule has 17 heavy (non-hydrogen) atoms. The highest BCUT2D eigenvalue weighted by molar-refractivity contribution is 7.99. The highest BCUT2D eigenvalue weighted by Gasteiger charge is 2.07. The summed E-state index contributed by atoms with van der Waals surface area (Å²) in [5.41, 5.74) is 6.40. The first-order valence-electron chi connectivity index (χ1n) is 4.88. The van der Waals surface area contributed by atoms with E-state index in [4.69, 9.17) is 5.73 Å². The number of fused-ring (bicyclic) bond motifs is 1. The van der Waals surface area contributed by atoms with Gasteiger partial charge in [-0.3, -0.25) is 4.40 Å². The van der Waals surface area contributed by atoms with E-state index in [-0.39, 0.29) is 0 Å². The number of pyridine rings is 1. The van der Waals surface area contributed by atoms with Gasteiger partial charge in [0.1, 0.15) is 17.2 Å². The lowest BCUT2D eigenvalue weighted by Crippen LogP contribution is -1.92. The first kappa shape index (κ1) is 10.0. The minimum Gasteiger partial charge on any atom is -0.384 e. The number of nitrogens with zero attached hydrogens (tertiary/aromatic N) is 5. The molecule has 0 atom stereocenters. The summed E-state index contributed by atoms with van der Waals surface area (Å²) in [4.78, 5) is 7.95. The van der Waals surface area contributed by atoms with Crippen LogP contribution in [0.2, 0.25) is 0 Å². The van der Waals surface area contributed by atoms with Gasteiger partial charge in [-0.1, -0.05) is 6.07 Å². The van der Waals surface area contributed by atoms with Gasteiger partial charge in [-0.25, -0.2) is 9.97 Å². The Morgan fingerprint density at radius 3 is 3.00 bits per heavy atom. The number of anilines is 1. The number of hydrogen-bond donors (Lipinski definition) is 1. The van der Waals surface area contributed by atoms with Gasteiger partial charge in [0.2, 0.25) is 5.16 Å². The van der Waals surface area contributed by atoms with Crippen LogP contribution in [0.3, 0.4) is 0 Å². The van der Waals surface area contributed by atoms with E-state index in [1.807, 2.05) is 28.8 Å². The molecule has 0 aromatic carbocycles. The van der Waals surface area contributed by atoms with E-state index in [0.717, 1.165) is 15.8 Å². The maximum absolute atomic E-state index is 5.59. The second kappa shape index (κ2) is 4.02. The SMILES string of the molecule is Nc1cc(Sc2nnc3ccccn23)ncn1. The Balaban J connectivity index is 2.00. The molecule has 6 nitrogen and oxygen atoms in total. The van der Waals surface area contributed by atoms with Gasteiger partial charge >= 0.3 is 0 Å². The lowest BCUT2D eigenvalue weighted by molar-refractivity contribution is 0.915. The average Bonchev–Trinajstić information content (AvgIpc) is 2.73. The fourth-order valence-electron chi connectivity index (χ4n) is 1.39. The molecule has 0 spiro atoms. The third-order valence-corrected chi connectivity index (χ3v) is 3.03. The van der Waals surface area contributed by atoms with Crippen LogP contribution >= 0.6 is 11.8 Å². The second-order valence-corrected chi connectivity index (χ2v) is 4.28. The molecule has 0 radical (unpaired) electrons. The van der Waals surface area contributed by atoms with Crippen LogP contribution in [0, 0.1) is 0 Å². The molecular formula is C10H8N6S. The molecule has 0 bridgehead atoms. The zero-order valence-electron chi connectivity index (χ0n) is 8.69. The van der Waals surface area contributed by atoms with E-state index in [1.54, 1.807) is 6.07 Å². The molecular weight excluding hydrogens is 236 g/mol. The summed E-state index contributed by atoms with van der Waals surface area (Å²) in [6.07, 6.45) is 3.34. The highest BCUT2D eigenvalue weighted by Crippen LogP contribution is 2.24.